The molecule has 1 aromatic heterocycles. The standard InChI is InChI=1S/C12H17N3O/c1-4-15-9-6-5-7-10(16-8(2)3)11(9)14-12(15)13/h5-8H,4H2,1-3H3,(H2,13,14). The van der Waals surface area contributed by atoms with E-state index in [4.69, 9.17) is 10.5 Å². The molecule has 0 atom stereocenters. The lowest BCUT2D eigenvalue weighted by atomic mass is 10.3. The Morgan fingerprint density at radius 2 is 2.19 bits per heavy atom. The molecular weight excluding hydrogens is 202 g/mol. The number of para-hydroxylation sites is 1. The maximum atomic E-state index is 5.86. The van der Waals surface area contributed by atoms with Gasteiger partial charge in [0.2, 0.25) is 5.95 Å². The third-order valence-corrected chi connectivity index (χ3v) is 2.45. The van der Waals surface area contributed by atoms with Crippen LogP contribution in [0.3, 0.4) is 0 Å². The molecular formula is C12H17N3O. The molecule has 0 spiro atoms. The Hall–Kier alpha value is -1.71. The second-order valence-electron chi connectivity index (χ2n) is 4.00. The number of ether oxygens (including phenoxy) is 1. The first-order valence-electron chi connectivity index (χ1n) is 5.54. The van der Waals surface area contributed by atoms with Gasteiger partial charge in [-0.15, -0.1) is 0 Å². The van der Waals surface area contributed by atoms with E-state index in [0.29, 0.717) is 5.95 Å². The van der Waals surface area contributed by atoms with Gasteiger partial charge in [-0.05, 0) is 32.9 Å². The van der Waals surface area contributed by atoms with E-state index < -0.39 is 0 Å². The highest BCUT2D eigenvalue weighted by molar-refractivity contribution is 5.84. The van der Waals surface area contributed by atoms with Crippen LogP contribution < -0.4 is 10.5 Å². The van der Waals surface area contributed by atoms with E-state index in [2.05, 4.69) is 4.98 Å². The Balaban J connectivity index is 2.60. The number of nitrogen functional groups attached to an aromatic ring is 1. The molecule has 4 heteroatoms. The quantitative estimate of drug-likeness (QED) is 0.862. The molecule has 2 N–H and O–H groups in total. The van der Waals surface area contributed by atoms with Gasteiger partial charge in [0, 0.05) is 6.54 Å². The van der Waals surface area contributed by atoms with Crippen molar-refractivity contribution < 1.29 is 4.74 Å². The van der Waals surface area contributed by atoms with Crippen molar-refractivity contribution in [2.45, 2.75) is 33.4 Å². The van der Waals surface area contributed by atoms with Crippen molar-refractivity contribution in [3.05, 3.63) is 18.2 Å². The first kappa shape index (κ1) is 10.8. The van der Waals surface area contributed by atoms with Crippen molar-refractivity contribution in [3.63, 3.8) is 0 Å². The van der Waals surface area contributed by atoms with Gasteiger partial charge >= 0.3 is 0 Å². The lowest BCUT2D eigenvalue weighted by Gasteiger charge is -2.09. The number of hydrogen-bond donors (Lipinski definition) is 1. The zero-order valence-electron chi connectivity index (χ0n) is 9.90. The molecule has 0 amide bonds. The molecule has 2 rings (SSSR count). The SMILES string of the molecule is CCn1c(N)nc2c(OC(C)C)cccc21. The number of aromatic nitrogens is 2. The van der Waals surface area contributed by atoms with Gasteiger partial charge in [0.05, 0.1) is 11.6 Å². The number of aryl methyl sites for hydroxylation is 1. The van der Waals surface area contributed by atoms with Crippen LogP contribution in [0.5, 0.6) is 5.75 Å². The van der Waals surface area contributed by atoms with Gasteiger partial charge in [-0.1, -0.05) is 6.07 Å². The van der Waals surface area contributed by atoms with Crippen molar-refractivity contribution in [2.24, 2.45) is 0 Å². The summed E-state index contributed by atoms with van der Waals surface area (Å²) in [6.45, 7) is 6.86. The van der Waals surface area contributed by atoms with E-state index in [9.17, 15) is 0 Å². The van der Waals surface area contributed by atoms with E-state index in [0.717, 1.165) is 23.3 Å². The molecule has 0 aliphatic carbocycles. The number of hydrogen-bond acceptors (Lipinski definition) is 3. The van der Waals surface area contributed by atoms with E-state index >= 15 is 0 Å². The third kappa shape index (κ3) is 1.71. The van der Waals surface area contributed by atoms with Gasteiger partial charge in [0.15, 0.2) is 0 Å². The lowest BCUT2D eigenvalue weighted by Crippen LogP contribution is -2.05. The van der Waals surface area contributed by atoms with Crippen LogP contribution >= 0.6 is 0 Å². The van der Waals surface area contributed by atoms with Crippen LogP contribution in [0.15, 0.2) is 18.2 Å². The predicted molar refractivity (Wildman–Crippen MR) is 65.6 cm³/mol. The van der Waals surface area contributed by atoms with Gasteiger partial charge in [-0.3, -0.25) is 0 Å². The highest BCUT2D eigenvalue weighted by Crippen LogP contribution is 2.27. The Morgan fingerprint density at radius 3 is 2.81 bits per heavy atom. The summed E-state index contributed by atoms with van der Waals surface area (Å²) in [4.78, 5) is 4.35. The Kier molecular flexibility index (Phi) is 2.73. The summed E-state index contributed by atoms with van der Waals surface area (Å²) < 4.78 is 7.68. The topological polar surface area (TPSA) is 53.1 Å². The molecule has 1 heterocycles. The first-order chi connectivity index (χ1) is 7.63. The van der Waals surface area contributed by atoms with Gasteiger partial charge in [-0.2, -0.15) is 0 Å². The fourth-order valence-electron chi connectivity index (χ4n) is 1.82. The number of rotatable bonds is 3. The maximum absolute atomic E-state index is 5.86. The summed E-state index contributed by atoms with van der Waals surface area (Å²) in [6.07, 6.45) is 0.138. The predicted octanol–water partition coefficient (Wildman–Crippen LogP) is 2.43. The van der Waals surface area contributed by atoms with Crippen LogP contribution in [0.25, 0.3) is 11.0 Å². The van der Waals surface area contributed by atoms with Crippen LogP contribution in [-0.2, 0) is 6.54 Å². The molecule has 0 saturated heterocycles. The minimum absolute atomic E-state index is 0.138. The normalized spacial score (nSPS) is 11.2. The van der Waals surface area contributed by atoms with Gasteiger partial charge in [0.25, 0.3) is 0 Å². The fourth-order valence-corrected chi connectivity index (χ4v) is 1.82. The Morgan fingerprint density at radius 1 is 1.44 bits per heavy atom. The smallest absolute Gasteiger partial charge is 0.201 e. The highest BCUT2D eigenvalue weighted by Gasteiger charge is 2.11. The summed E-state index contributed by atoms with van der Waals surface area (Å²) >= 11 is 0. The van der Waals surface area contributed by atoms with Gasteiger partial charge in [-0.25, -0.2) is 4.98 Å². The number of nitrogens with zero attached hydrogens (tertiary/aromatic N) is 2. The molecule has 0 fully saturated rings. The van der Waals surface area contributed by atoms with Crippen molar-refractivity contribution in [3.8, 4) is 5.75 Å². The van der Waals surface area contributed by atoms with E-state index in [-0.39, 0.29) is 6.10 Å². The summed E-state index contributed by atoms with van der Waals surface area (Å²) in [7, 11) is 0. The van der Waals surface area contributed by atoms with E-state index in [1.54, 1.807) is 0 Å². The first-order valence-corrected chi connectivity index (χ1v) is 5.54. The number of benzene rings is 1. The average molecular weight is 219 g/mol. The lowest BCUT2D eigenvalue weighted by molar-refractivity contribution is 0.245. The van der Waals surface area contributed by atoms with Gasteiger partial charge < -0.3 is 15.0 Å². The zero-order valence-corrected chi connectivity index (χ0v) is 9.90. The molecule has 0 bridgehead atoms. The average Bonchev–Trinajstić information content (AvgIpc) is 2.54. The van der Waals surface area contributed by atoms with Crippen molar-refractivity contribution in [1.29, 1.82) is 0 Å². The highest BCUT2D eigenvalue weighted by atomic mass is 16.5. The van der Waals surface area contributed by atoms with Crippen molar-refractivity contribution in [1.82, 2.24) is 9.55 Å². The minimum Gasteiger partial charge on any atom is -0.489 e. The zero-order chi connectivity index (χ0) is 11.7. The number of anilines is 1. The maximum Gasteiger partial charge on any atom is 0.201 e. The Bertz CT molecular complexity index is 502. The second-order valence-corrected chi connectivity index (χ2v) is 4.00. The van der Waals surface area contributed by atoms with Crippen molar-refractivity contribution in [2.75, 3.05) is 5.73 Å². The van der Waals surface area contributed by atoms with Gasteiger partial charge in [0.1, 0.15) is 11.3 Å². The van der Waals surface area contributed by atoms with E-state index in [1.807, 2.05) is 43.5 Å². The number of fused-ring (bicyclic) bond motifs is 1. The summed E-state index contributed by atoms with van der Waals surface area (Å²) in [5.74, 6) is 1.34. The molecule has 4 nitrogen and oxygen atoms in total. The summed E-state index contributed by atoms with van der Waals surface area (Å²) in [5, 5.41) is 0. The van der Waals surface area contributed by atoms with Crippen LogP contribution in [0.4, 0.5) is 5.95 Å². The van der Waals surface area contributed by atoms with Crippen LogP contribution in [0.2, 0.25) is 0 Å². The molecule has 2 aromatic rings. The fraction of sp³-hybridized carbons (Fsp3) is 0.417. The molecule has 0 aliphatic rings. The molecule has 0 unspecified atom stereocenters. The molecule has 0 saturated carbocycles. The molecule has 1 aromatic carbocycles. The van der Waals surface area contributed by atoms with Crippen molar-refractivity contribution >= 4 is 17.0 Å². The Labute approximate surface area is 95.0 Å². The van der Waals surface area contributed by atoms with Crippen LogP contribution in [0, 0.1) is 0 Å². The van der Waals surface area contributed by atoms with Crippen LogP contribution in [-0.4, -0.2) is 15.7 Å². The molecule has 0 aliphatic heterocycles. The monoisotopic (exact) mass is 219 g/mol. The molecule has 16 heavy (non-hydrogen) atoms. The van der Waals surface area contributed by atoms with Crippen LogP contribution in [0.1, 0.15) is 20.8 Å². The van der Waals surface area contributed by atoms with E-state index in [1.165, 1.54) is 0 Å². The second kappa shape index (κ2) is 4.04. The third-order valence-electron chi connectivity index (χ3n) is 2.45. The largest absolute Gasteiger partial charge is 0.489 e. The molecule has 86 valence electrons. The minimum atomic E-state index is 0.138. The number of nitrogens with two attached hydrogens (primary N) is 1. The number of imidazole rings is 1. The summed E-state index contributed by atoms with van der Waals surface area (Å²) in [6, 6.07) is 5.90. The summed E-state index contributed by atoms with van der Waals surface area (Å²) in [5.41, 5.74) is 7.73. The molecule has 0 radical (unpaired) electrons.